The van der Waals surface area contributed by atoms with Gasteiger partial charge < -0.3 is 9.47 Å². The van der Waals surface area contributed by atoms with Crippen LogP contribution in [0, 0.1) is 28.6 Å². The molecule has 0 aliphatic heterocycles. The fraction of sp³-hybridized carbons (Fsp3) is 0.273. The van der Waals surface area contributed by atoms with E-state index in [9.17, 15) is 10.1 Å². The third kappa shape index (κ3) is 4.65. The van der Waals surface area contributed by atoms with E-state index in [0.29, 0.717) is 17.1 Å². The zero-order chi connectivity index (χ0) is 20.3. The van der Waals surface area contributed by atoms with Crippen molar-refractivity contribution in [2.75, 3.05) is 0 Å². The largest absolute Gasteiger partial charge is 0.457 e. The summed E-state index contributed by atoms with van der Waals surface area (Å²) in [6.07, 6.45) is 0.960. The van der Waals surface area contributed by atoms with Gasteiger partial charge >= 0.3 is 5.97 Å². The quantitative estimate of drug-likeness (QED) is 0.422. The Morgan fingerprint density at radius 1 is 1.14 bits per heavy atom. The molecule has 2 aromatic rings. The number of benzene rings is 2. The minimum absolute atomic E-state index is 0.0563. The molecule has 0 N–H and O–H groups in total. The minimum atomic E-state index is -0.986. The molecule has 1 aliphatic rings. The third-order valence-corrected chi connectivity index (χ3v) is 5.49. The van der Waals surface area contributed by atoms with Gasteiger partial charge in [0, 0.05) is 5.56 Å². The minimum Gasteiger partial charge on any atom is -0.457 e. The molecular weight excluding hydrogens is 486 g/mol. The number of carbonyl (C=O) groups excluding carboxylic acids is 1. The van der Waals surface area contributed by atoms with E-state index >= 15 is 0 Å². The first-order valence-corrected chi connectivity index (χ1v) is 10.4. The number of nitriles is 1. The van der Waals surface area contributed by atoms with Crippen molar-refractivity contribution in [2.45, 2.75) is 20.0 Å². The molecule has 1 aliphatic carbocycles. The summed E-state index contributed by atoms with van der Waals surface area (Å²) in [4.78, 5) is 12.7. The highest BCUT2D eigenvalue weighted by atomic mass is 79.9. The highest BCUT2D eigenvalue weighted by molar-refractivity contribution is 9.28. The second-order valence-electron chi connectivity index (χ2n) is 7.21. The van der Waals surface area contributed by atoms with Crippen molar-refractivity contribution in [3.63, 3.8) is 0 Å². The van der Waals surface area contributed by atoms with E-state index in [1.54, 1.807) is 24.3 Å². The van der Waals surface area contributed by atoms with Gasteiger partial charge in [-0.15, -0.1) is 0 Å². The molecule has 0 spiro atoms. The molecule has 4 nitrogen and oxygen atoms in total. The topological polar surface area (TPSA) is 59.3 Å². The lowest BCUT2D eigenvalue weighted by Gasteiger charge is -2.13. The highest BCUT2D eigenvalue weighted by Gasteiger charge is 2.61. The molecule has 0 amide bonds. The summed E-state index contributed by atoms with van der Waals surface area (Å²) in [6, 6.07) is 18.5. The molecule has 2 aromatic carbocycles. The normalized spacial score (nSPS) is 20.4. The summed E-state index contributed by atoms with van der Waals surface area (Å²) >= 11 is 6.68. The van der Waals surface area contributed by atoms with Gasteiger partial charge in [-0.1, -0.05) is 50.3 Å². The Morgan fingerprint density at radius 2 is 1.82 bits per heavy atom. The van der Waals surface area contributed by atoms with Crippen molar-refractivity contribution in [1.29, 1.82) is 5.26 Å². The number of nitrogens with zero attached hydrogens (tertiary/aromatic N) is 1. The van der Waals surface area contributed by atoms with Crippen LogP contribution in [0.4, 0.5) is 0 Å². The average molecular weight is 505 g/mol. The van der Waals surface area contributed by atoms with Crippen LogP contribution in [0.25, 0.3) is 0 Å². The van der Waals surface area contributed by atoms with Crippen LogP contribution >= 0.6 is 31.9 Å². The Hall–Kier alpha value is -2.10. The van der Waals surface area contributed by atoms with E-state index < -0.39 is 6.10 Å². The van der Waals surface area contributed by atoms with Gasteiger partial charge in [0.25, 0.3) is 0 Å². The first-order valence-electron chi connectivity index (χ1n) is 8.78. The van der Waals surface area contributed by atoms with E-state index in [-0.39, 0.29) is 23.2 Å². The SMILES string of the molecule is CC1(C)C(C=C(Br)Br)[C@H]1C(=O)OC(C#N)c1cccc(Oc2ccccc2)c1. The van der Waals surface area contributed by atoms with E-state index in [1.807, 2.05) is 50.3 Å². The van der Waals surface area contributed by atoms with Gasteiger partial charge in [0.05, 0.1) is 9.31 Å². The molecule has 6 heteroatoms. The number of carbonyl (C=O) groups is 1. The molecule has 0 bridgehead atoms. The van der Waals surface area contributed by atoms with E-state index in [2.05, 4.69) is 37.9 Å². The van der Waals surface area contributed by atoms with Crippen LogP contribution in [0.3, 0.4) is 0 Å². The van der Waals surface area contributed by atoms with Crippen LogP contribution < -0.4 is 4.74 Å². The summed E-state index contributed by atoms with van der Waals surface area (Å²) in [7, 11) is 0. The van der Waals surface area contributed by atoms with Gasteiger partial charge in [0.1, 0.15) is 17.6 Å². The molecule has 3 atom stereocenters. The van der Waals surface area contributed by atoms with Crippen molar-refractivity contribution < 1.29 is 14.3 Å². The summed E-state index contributed by atoms with van der Waals surface area (Å²) in [5, 5.41) is 9.56. The third-order valence-electron chi connectivity index (χ3n) is 4.96. The van der Waals surface area contributed by atoms with Gasteiger partial charge in [0.15, 0.2) is 0 Å². The van der Waals surface area contributed by atoms with E-state index in [1.165, 1.54) is 0 Å². The number of allylic oxidation sites excluding steroid dienone is 1. The zero-order valence-electron chi connectivity index (χ0n) is 15.4. The van der Waals surface area contributed by atoms with E-state index in [0.717, 1.165) is 3.39 Å². The van der Waals surface area contributed by atoms with Gasteiger partial charge in [-0.2, -0.15) is 5.26 Å². The lowest BCUT2D eigenvalue weighted by molar-refractivity contribution is -0.149. The molecule has 2 unspecified atom stereocenters. The predicted octanol–water partition coefficient (Wildman–Crippen LogP) is 6.49. The molecule has 0 radical (unpaired) electrons. The molecule has 144 valence electrons. The smallest absolute Gasteiger partial charge is 0.311 e. The predicted molar refractivity (Wildman–Crippen MR) is 114 cm³/mol. The van der Waals surface area contributed by atoms with Gasteiger partial charge in [-0.3, -0.25) is 4.79 Å². The van der Waals surface area contributed by atoms with Crippen LogP contribution in [0.5, 0.6) is 11.5 Å². The number of halogens is 2. The van der Waals surface area contributed by atoms with Crippen molar-refractivity contribution in [3.05, 3.63) is 69.6 Å². The Balaban J connectivity index is 1.72. The first-order chi connectivity index (χ1) is 13.3. The lowest BCUT2D eigenvalue weighted by atomic mass is 10.1. The standard InChI is InChI=1S/C22H19Br2NO3/c1-22(2)17(12-19(23)24)20(22)21(26)28-18(13-25)14-7-6-10-16(11-14)27-15-8-4-3-5-9-15/h3-12,17-18,20H,1-2H3/t17?,18?,20-/m0/s1. The fourth-order valence-electron chi connectivity index (χ4n) is 3.30. The maximum Gasteiger partial charge on any atom is 0.311 e. The average Bonchev–Trinajstić information content (AvgIpc) is 3.20. The molecule has 1 fully saturated rings. The lowest BCUT2D eigenvalue weighted by Crippen LogP contribution is -2.14. The molecule has 0 aromatic heterocycles. The summed E-state index contributed by atoms with van der Waals surface area (Å²) in [5.74, 6) is 0.683. The monoisotopic (exact) mass is 503 g/mol. The Bertz CT molecular complexity index is 930. The van der Waals surface area contributed by atoms with Crippen LogP contribution in [0.2, 0.25) is 0 Å². The number of para-hydroxylation sites is 1. The summed E-state index contributed by atoms with van der Waals surface area (Å²) < 4.78 is 12.2. The van der Waals surface area contributed by atoms with Gasteiger partial charge in [-0.05, 0) is 67.5 Å². The summed E-state index contributed by atoms with van der Waals surface area (Å²) in [6.45, 7) is 4.03. The van der Waals surface area contributed by atoms with Crippen LogP contribution in [0.1, 0.15) is 25.5 Å². The molecule has 1 saturated carbocycles. The molecule has 28 heavy (non-hydrogen) atoms. The second-order valence-corrected chi connectivity index (χ2v) is 9.99. The van der Waals surface area contributed by atoms with Crippen LogP contribution in [0.15, 0.2) is 64.1 Å². The first kappa shape index (κ1) is 20.6. The van der Waals surface area contributed by atoms with Crippen LogP contribution in [-0.2, 0) is 9.53 Å². The van der Waals surface area contributed by atoms with Crippen molar-refractivity contribution in [3.8, 4) is 17.6 Å². The molecule has 3 rings (SSSR count). The number of ether oxygens (including phenoxy) is 2. The Labute approximate surface area is 181 Å². The van der Waals surface area contributed by atoms with Crippen LogP contribution in [-0.4, -0.2) is 5.97 Å². The maximum atomic E-state index is 12.7. The Kier molecular flexibility index (Phi) is 6.26. The fourth-order valence-corrected chi connectivity index (χ4v) is 3.87. The number of esters is 1. The van der Waals surface area contributed by atoms with Crippen molar-refractivity contribution in [1.82, 2.24) is 0 Å². The van der Waals surface area contributed by atoms with Crippen molar-refractivity contribution in [2.24, 2.45) is 17.3 Å². The zero-order valence-corrected chi connectivity index (χ0v) is 18.6. The molecule has 0 saturated heterocycles. The maximum absolute atomic E-state index is 12.7. The molecule has 0 heterocycles. The number of hydrogen-bond donors (Lipinski definition) is 0. The molecular formula is C22H19Br2NO3. The van der Waals surface area contributed by atoms with Gasteiger partial charge in [0.2, 0.25) is 6.10 Å². The summed E-state index contributed by atoms with van der Waals surface area (Å²) in [5.41, 5.74) is 0.374. The number of hydrogen-bond acceptors (Lipinski definition) is 4. The second kappa shape index (κ2) is 8.50. The number of rotatable bonds is 6. The van der Waals surface area contributed by atoms with Gasteiger partial charge in [-0.25, -0.2) is 0 Å². The Morgan fingerprint density at radius 3 is 2.46 bits per heavy atom. The highest BCUT2D eigenvalue weighted by Crippen LogP contribution is 2.60. The van der Waals surface area contributed by atoms with Crippen molar-refractivity contribution >= 4 is 37.8 Å². The van der Waals surface area contributed by atoms with E-state index in [4.69, 9.17) is 9.47 Å².